The summed E-state index contributed by atoms with van der Waals surface area (Å²) in [5.41, 5.74) is 5.30. The zero-order chi connectivity index (χ0) is 27.9. The van der Waals surface area contributed by atoms with Gasteiger partial charge >= 0.3 is 12.1 Å². The molecule has 0 radical (unpaired) electrons. The molecular formula is C28H33N5O6S. The molecule has 2 aromatic heterocycles. The minimum Gasteiger partial charge on any atom is -0.449 e. The first-order valence-electron chi connectivity index (χ1n) is 13.7. The molecular weight excluding hydrogens is 534 g/mol. The number of alkyl carbamates (subject to hydrolysis) is 1. The maximum Gasteiger partial charge on any atom is 0.407 e. The van der Waals surface area contributed by atoms with Crippen LogP contribution in [0.1, 0.15) is 51.0 Å². The van der Waals surface area contributed by atoms with Crippen molar-refractivity contribution in [2.75, 3.05) is 12.0 Å². The summed E-state index contributed by atoms with van der Waals surface area (Å²) in [5, 5.41) is 5.58. The van der Waals surface area contributed by atoms with E-state index in [0.717, 1.165) is 49.8 Å². The van der Waals surface area contributed by atoms with E-state index in [4.69, 9.17) is 9.47 Å². The van der Waals surface area contributed by atoms with E-state index in [-0.39, 0.29) is 28.9 Å². The number of fused-ring (bicyclic) bond motifs is 3. The van der Waals surface area contributed by atoms with Crippen molar-refractivity contribution in [2.45, 2.75) is 69.2 Å². The second kappa shape index (κ2) is 10.7. The van der Waals surface area contributed by atoms with Gasteiger partial charge in [-0.05, 0) is 62.6 Å². The van der Waals surface area contributed by atoms with E-state index in [1.807, 2.05) is 5.01 Å². The number of nitrogens with one attached hydrogen (secondary N) is 2. The molecule has 0 spiro atoms. The van der Waals surface area contributed by atoms with Gasteiger partial charge in [-0.3, -0.25) is 4.79 Å². The van der Waals surface area contributed by atoms with Gasteiger partial charge in [0.2, 0.25) is 0 Å². The fourth-order valence-corrected chi connectivity index (χ4v) is 6.94. The number of nitrogens with zero attached hydrogens (tertiary/aromatic N) is 3. The molecule has 3 aromatic rings. The normalized spacial score (nSPS) is 21.8. The number of benzene rings is 1. The van der Waals surface area contributed by atoms with Crippen LogP contribution in [0.2, 0.25) is 0 Å². The van der Waals surface area contributed by atoms with Gasteiger partial charge in [-0.1, -0.05) is 18.2 Å². The molecule has 3 heterocycles. The third kappa shape index (κ3) is 5.37. The lowest BCUT2D eigenvalue weighted by molar-refractivity contribution is -0.162. The Morgan fingerprint density at radius 1 is 1.10 bits per heavy atom. The van der Waals surface area contributed by atoms with E-state index >= 15 is 0 Å². The van der Waals surface area contributed by atoms with Crippen LogP contribution in [0.5, 0.6) is 0 Å². The molecule has 1 aromatic carbocycles. The van der Waals surface area contributed by atoms with Crippen LogP contribution < -0.4 is 10.7 Å². The van der Waals surface area contributed by atoms with Crippen LogP contribution >= 0.6 is 0 Å². The number of carbonyl (C=O) groups excluding carboxylic acids is 2. The minimum atomic E-state index is -3.81. The monoisotopic (exact) mass is 567 g/mol. The lowest BCUT2D eigenvalue weighted by Crippen LogP contribution is -2.47. The van der Waals surface area contributed by atoms with Gasteiger partial charge in [0, 0.05) is 42.6 Å². The lowest BCUT2D eigenvalue weighted by atomic mass is 9.84. The summed E-state index contributed by atoms with van der Waals surface area (Å²) in [4.78, 5) is 28.9. The Labute approximate surface area is 232 Å². The zero-order valence-electron chi connectivity index (χ0n) is 22.3. The van der Waals surface area contributed by atoms with Gasteiger partial charge in [0.15, 0.2) is 11.9 Å². The van der Waals surface area contributed by atoms with Gasteiger partial charge in [0.05, 0.1) is 23.4 Å². The minimum absolute atomic E-state index is 0.0276. The van der Waals surface area contributed by atoms with Gasteiger partial charge < -0.3 is 20.2 Å². The number of hydrazine groups is 1. The van der Waals surface area contributed by atoms with Crippen LogP contribution in [0, 0.1) is 11.8 Å². The Hall–Kier alpha value is -3.64. The second-order valence-corrected chi connectivity index (χ2v) is 12.7. The summed E-state index contributed by atoms with van der Waals surface area (Å²) >= 11 is 0. The molecule has 2 fully saturated rings. The maximum atomic E-state index is 13.3. The van der Waals surface area contributed by atoms with Crippen LogP contribution in [-0.2, 0) is 30.8 Å². The van der Waals surface area contributed by atoms with Crippen molar-refractivity contribution >= 4 is 38.8 Å². The summed E-state index contributed by atoms with van der Waals surface area (Å²) in [7, 11) is -3.81. The van der Waals surface area contributed by atoms with Crippen molar-refractivity contribution in [2.24, 2.45) is 11.8 Å². The molecule has 12 heteroatoms. The molecule has 1 atom stereocenters. The maximum absolute atomic E-state index is 13.3. The first-order chi connectivity index (χ1) is 19.3. The van der Waals surface area contributed by atoms with E-state index in [1.54, 1.807) is 42.6 Å². The lowest BCUT2D eigenvalue weighted by Gasteiger charge is -2.37. The van der Waals surface area contributed by atoms with Gasteiger partial charge in [0.25, 0.3) is 10.0 Å². The number of rotatable bonds is 8. The first-order valence-corrected chi connectivity index (χ1v) is 15.2. The Kier molecular flexibility index (Phi) is 7.13. The molecule has 0 bridgehead atoms. The summed E-state index contributed by atoms with van der Waals surface area (Å²) in [6.45, 7) is 2.29. The molecule has 11 nitrogen and oxygen atoms in total. The largest absolute Gasteiger partial charge is 0.449 e. The average Bonchev–Trinajstić information content (AvgIpc) is 3.50. The van der Waals surface area contributed by atoms with E-state index in [9.17, 15) is 18.0 Å². The smallest absolute Gasteiger partial charge is 0.407 e. The van der Waals surface area contributed by atoms with Crippen LogP contribution in [-0.4, -0.2) is 53.3 Å². The number of amides is 1. The highest BCUT2D eigenvalue weighted by Crippen LogP contribution is 2.37. The molecule has 1 amide bonds. The highest BCUT2D eigenvalue weighted by molar-refractivity contribution is 7.90. The molecule has 0 saturated heterocycles. The molecule has 3 aliphatic rings. The van der Waals surface area contributed by atoms with Gasteiger partial charge in [-0.25, -0.2) is 22.2 Å². The van der Waals surface area contributed by atoms with Crippen molar-refractivity contribution < 1.29 is 27.5 Å². The highest BCUT2D eigenvalue weighted by atomic mass is 32.2. The van der Waals surface area contributed by atoms with Crippen LogP contribution in [0.15, 0.2) is 53.7 Å². The van der Waals surface area contributed by atoms with Crippen LogP contribution in [0.4, 0.5) is 10.5 Å². The molecule has 212 valence electrons. The van der Waals surface area contributed by atoms with Crippen LogP contribution in [0.3, 0.4) is 0 Å². The predicted molar refractivity (Wildman–Crippen MR) is 146 cm³/mol. The van der Waals surface area contributed by atoms with E-state index < -0.39 is 16.3 Å². The summed E-state index contributed by atoms with van der Waals surface area (Å²) in [6.07, 6.45) is 7.55. The SMILES string of the molecule is CC(=O)OC(C1CCC(NC(=O)OCC2CC2)CC1)N1Cc2c(cnc3c2ccn3S(=O)(=O)c2ccccc2)N1. The van der Waals surface area contributed by atoms with Crippen molar-refractivity contribution in [3.63, 3.8) is 0 Å². The number of ether oxygens (including phenoxy) is 2. The Morgan fingerprint density at radius 2 is 1.85 bits per heavy atom. The number of carbonyl (C=O) groups is 2. The molecule has 2 saturated carbocycles. The number of hydrogen-bond donors (Lipinski definition) is 2. The van der Waals surface area contributed by atoms with Crippen molar-refractivity contribution in [3.05, 3.63) is 54.4 Å². The summed E-state index contributed by atoms with van der Waals surface area (Å²) < 4.78 is 38.9. The molecule has 1 aliphatic heterocycles. The van der Waals surface area contributed by atoms with Gasteiger partial charge in [-0.15, -0.1) is 0 Å². The van der Waals surface area contributed by atoms with E-state index in [0.29, 0.717) is 30.1 Å². The number of anilines is 1. The van der Waals surface area contributed by atoms with E-state index in [1.165, 1.54) is 17.1 Å². The van der Waals surface area contributed by atoms with Crippen molar-refractivity contribution in [1.29, 1.82) is 0 Å². The summed E-state index contributed by atoms with van der Waals surface area (Å²) in [5.74, 6) is 0.194. The van der Waals surface area contributed by atoms with E-state index in [2.05, 4.69) is 15.7 Å². The molecule has 6 rings (SSSR count). The zero-order valence-corrected chi connectivity index (χ0v) is 23.1. The average molecular weight is 568 g/mol. The Bertz CT molecular complexity index is 1510. The third-order valence-corrected chi connectivity index (χ3v) is 9.60. The summed E-state index contributed by atoms with van der Waals surface area (Å²) in [6, 6.07) is 10.0. The number of aromatic nitrogens is 2. The van der Waals surface area contributed by atoms with Crippen molar-refractivity contribution in [3.8, 4) is 0 Å². The molecule has 40 heavy (non-hydrogen) atoms. The Morgan fingerprint density at radius 3 is 2.55 bits per heavy atom. The van der Waals surface area contributed by atoms with Crippen LogP contribution in [0.25, 0.3) is 11.0 Å². The Balaban J connectivity index is 1.16. The first kappa shape index (κ1) is 26.6. The van der Waals surface area contributed by atoms with Gasteiger partial charge in [0.1, 0.15) is 0 Å². The molecule has 2 aliphatic carbocycles. The molecule has 2 N–H and O–H groups in total. The third-order valence-electron chi connectivity index (χ3n) is 7.92. The standard InChI is InChI=1S/C28H33N5O6S/c1-18(34)39-27(20-9-11-21(12-10-20)30-28(35)38-17-19-7-8-19)32-16-24-23-13-14-33(26(23)29-15-25(24)31-32)40(36,37)22-5-3-2-4-6-22/h2-6,13-15,19-21,27,31H,7-12,16-17H2,1H3,(H,30,35). The molecule has 1 unspecified atom stereocenters. The second-order valence-electron chi connectivity index (χ2n) is 10.9. The topological polar surface area (TPSA) is 132 Å². The van der Waals surface area contributed by atoms with Gasteiger partial charge in [-0.2, -0.15) is 5.01 Å². The number of esters is 1. The predicted octanol–water partition coefficient (Wildman–Crippen LogP) is 4.00. The number of pyridine rings is 1. The number of hydrogen-bond acceptors (Lipinski definition) is 9. The fraction of sp³-hybridized carbons (Fsp3) is 0.464. The quantitative estimate of drug-likeness (QED) is 0.388. The highest BCUT2D eigenvalue weighted by Gasteiger charge is 2.38. The van der Waals surface area contributed by atoms with Crippen molar-refractivity contribution in [1.82, 2.24) is 19.3 Å². The fourth-order valence-electron chi connectivity index (χ4n) is 5.62.